The van der Waals surface area contributed by atoms with Crippen molar-refractivity contribution in [1.29, 1.82) is 0 Å². The van der Waals surface area contributed by atoms with Crippen molar-refractivity contribution in [1.82, 2.24) is 5.32 Å². The molecule has 4 heteroatoms. The van der Waals surface area contributed by atoms with Crippen molar-refractivity contribution in [3.8, 4) is 0 Å². The van der Waals surface area contributed by atoms with Gasteiger partial charge in [0.25, 0.3) is 0 Å². The van der Waals surface area contributed by atoms with Crippen molar-refractivity contribution in [2.24, 2.45) is 5.92 Å². The normalized spacial score (nSPS) is 12.5. The van der Waals surface area contributed by atoms with Crippen LogP contribution in [-0.2, 0) is 11.2 Å². The summed E-state index contributed by atoms with van der Waals surface area (Å²) in [6.45, 7) is 3.92. The fraction of sp³-hybridized carbons (Fsp3) is 0.462. The summed E-state index contributed by atoms with van der Waals surface area (Å²) < 4.78 is 0.963. The molecule has 0 saturated carbocycles. The molecule has 0 saturated heterocycles. The molecule has 2 N–H and O–H groups in total. The van der Waals surface area contributed by atoms with E-state index < -0.39 is 0 Å². The topological polar surface area (TPSA) is 49.3 Å². The Balaban J connectivity index is 2.55. The second-order valence-corrected chi connectivity index (χ2v) is 5.32. The molecule has 0 aliphatic heterocycles. The maximum absolute atomic E-state index is 11.8. The third kappa shape index (κ3) is 4.88. The highest BCUT2D eigenvalue weighted by Gasteiger charge is 2.15. The SMILES string of the molecule is CC(C)[C@@H](CO)NC(=O)Cc1cccc(Br)c1. The van der Waals surface area contributed by atoms with E-state index in [0.29, 0.717) is 6.42 Å². The van der Waals surface area contributed by atoms with Crippen LogP contribution in [0.3, 0.4) is 0 Å². The smallest absolute Gasteiger partial charge is 0.224 e. The summed E-state index contributed by atoms with van der Waals surface area (Å²) in [6, 6.07) is 7.48. The lowest BCUT2D eigenvalue weighted by atomic mass is 10.0. The van der Waals surface area contributed by atoms with E-state index in [9.17, 15) is 4.79 Å². The fourth-order valence-corrected chi connectivity index (χ4v) is 1.96. The Labute approximate surface area is 110 Å². The van der Waals surface area contributed by atoms with E-state index in [1.165, 1.54) is 0 Å². The molecule has 0 spiro atoms. The van der Waals surface area contributed by atoms with E-state index in [4.69, 9.17) is 5.11 Å². The maximum Gasteiger partial charge on any atom is 0.224 e. The van der Waals surface area contributed by atoms with Crippen molar-refractivity contribution in [3.05, 3.63) is 34.3 Å². The van der Waals surface area contributed by atoms with Gasteiger partial charge in [-0.15, -0.1) is 0 Å². The van der Waals surface area contributed by atoms with E-state index in [-0.39, 0.29) is 24.5 Å². The number of halogens is 1. The van der Waals surface area contributed by atoms with E-state index >= 15 is 0 Å². The Bertz CT molecular complexity index is 379. The van der Waals surface area contributed by atoms with E-state index in [1.54, 1.807) is 0 Å². The zero-order chi connectivity index (χ0) is 12.8. The van der Waals surface area contributed by atoms with Gasteiger partial charge in [-0.3, -0.25) is 4.79 Å². The third-order valence-corrected chi connectivity index (χ3v) is 3.09. The van der Waals surface area contributed by atoms with Crippen LogP contribution >= 0.6 is 15.9 Å². The lowest BCUT2D eigenvalue weighted by molar-refractivity contribution is -0.121. The highest BCUT2D eigenvalue weighted by Crippen LogP contribution is 2.12. The summed E-state index contributed by atoms with van der Waals surface area (Å²) in [5, 5.41) is 12.0. The van der Waals surface area contributed by atoms with Crippen LogP contribution < -0.4 is 5.32 Å². The van der Waals surface area contributed by atoms with Crippen LogP contribution in [0.5, 0.6) is 0 Å². The van der Waals surface area contributed by atoms with Gasteiger partial charge in [-0.2, -0.15) is 0 Å². The second-order valence-electron chi connectivity index (χ2n) is 4.41. The minimum Gasteiger partial charge on any atom is -0.394 e. The van der Waals surface area contributed by atoms with E-state index in [0.717, 1.165) is 10.0 Å². The van der Waals surface area contributed by atoms with Crippen LogP contribution in [0.1, 0.15) is 19.4 Å². The number of amides is 1. The molecule has 0 aliphatic rings. The zero-order valence-corrected chi connectivity index (χ0v) is 11.7. The van der Waals surface area contributed by atoms with Crippen molar-refractivity contribution in [2.45, 2.75) is 26.3 Å². The Morgan fingerprint density at radius 2 is 2.18 bits per heavy atom. The van der Waals surface area contributed by atoms with Gasteiger partial charge in [-0.25, -0.2) is 0 Å². The lowest BCUT2D eigenvalue weighted by Crippen LogP contribution is -2.41. The van der Waals surface area contributed by atoms with Crippen LogP contribution in [0.15, 0.2) is 28.7 Å². The molecular weight excluding hydrogens is 282 g/mol. The number of carbonyl (C=O) groups is 1. The standard InChI is InChI=1S/C13H18BrNO2/c1-9(2)12(8-16)15-13(17)7-10-4-3-5-11(14)6-10/h3-6,9,12,16H,7-8H2,1-2H3,(H,15,17)/t12-/m1/s1. The monoisotopic (exact) mass is 299 g/mol. The molecule has 1 amide bonds. The van der Waals surface area contributed by atoms with E-state index in [1.807, 2.05) is 38.1 Å². The molecule has 3 nitrogen and oxygen atoms in total. The van der Waals surface area contributed by atoms with Gasteiger partial charge in [0.15, 0.2) is 0 Å². The quantitative estimate of drug-likeness (QED) is 0.875. The van der Waals surface area contributed by atoms with Crippen molar-refractivity contribution in [2.75, 3.05) is 6.61 Å². The summed E-state index contributed by atoms with van der Waals surface area (Å²) in [4.78, 5) is 11.8. The molecule has 94 valence electrons. The Morgan fingerprint density at radius 1 is 1.47 bits per heavy atom. The largest absolute Gasteiger partial charge is 0.394 e. The number of hydrogen-bond acceptors (Lipinski definition) is 2. The predicted octanol–water partition coefficient (Wildman–Crippen LogP) is 2.12. The molecule has 1 rings (SSSR count). The average Bonchev–Trinajstić information content (AvgIpc) is 2.25. The molecule has 0 radical (unpaired) electrons. The highest BCUT2D eigenvalue weighted by atomic mass is 79.9. The molecule has 0 bridgehead atoms. The van der Waals surface area contributed by atoms with Gasteiger partial charge >= 0.3 is 0 Å². The molecule has 17 heavy (non-hydrogen) atoms. The number of carbonyl (C=O) groups excluding carboxylic acids is 1. The van der Waals surface area contributed by atoms with Gasteiger partial charge < -0.3 is 10.4 Å². The average molecular weight is 300 g/mol. The number of aliphatic hydroxyl groups is 1. The summed E-state index contributed by atoms with van der Waals surface area (Å²) in [6.07, 6.45) is 0.336. The second kappa shape index (κ2) is 6.77. The lowest BCUT2D eigenvalue weighted by Gasteiger charge is -2.19. The molecule has 0 fully saturated rings. The van der Waals surface area contributed by atoms with Gasteiger partial charge in [0.05, 0.1) is 19.1 Å². The first-order chi connectivity index (χ1) is 8.02. The van der Waals surface area contributed by atoms with Crippen LogP contribution in [0.2, 0.25) is 0 Å². The van der Waals surface area contributed by atoms with Gasteiger partial charge in [0, 0.05) is 4.47 Å². The number of aliphatic hydroxyl groups excluding tert-OH is 1. The first-order valence-electron chi connectivity index (χ1n) is 5.67. The number of benzene rings is 1. The van der Waals surface area contributed by atoms with Crippen LogP contribution in [-0.4, -0.2) is 23.7 Å². The van der Waals surface area contributed by atoms with Crippen LogP contribution in [0, 0.1) is 5.92 Å². The van der Waals surface area contributed by atoms with Gasteiger partial charge in [-0.1, -0.05) is 41.9 Å². The minimum atomic E-state index is -0.172. The summed E-state index contributed by atoms with van der Waals surface area (Å²) in [5.74, 6) is 0.169. The van der Waals surface area contributed by atoms with Crippen molar-refractivity contribution in [3.63, 3.8) is 0 Å². The Kier molecular flexibility index (Phi) is 5.65. The first-order valence-corrected chi connectivity index (χ1v) is 6.47. The summed E-state index contributed by atoms with van der Waals surface area (Å²) >= 11 is 3.37. The molecule has 1 aromatic rings. The fourth-order valence-electron chi connectivity index (χ4n) is 1.51. The van der Waals surface area contributed by atoms with E-state index in [2.05, 4.69) is 21.2 Å². The Morgan fingerprint density at radius 3 is 2.71 bits per heavy atom. The first kappa shape index (κ1) is 14.2. The molecule has 0 heterocycles. The van der Waals surface area contributed by atoms with Crippen molar-refractivity contribution >= 4 is 21.8 Å². The van der Waals surface area contributed by atoms with Gasteiger partial charge in [0.2, 0.25) is 5.91 Å². The van der Waals surface area contributed by atoms with Crippen LogP contribution in [0.4, 0.5) is 0 Å². The van der Waals surface area contributed by atoms with Gasteiger partial charge in [-0.05, 0) is 23.6 Å². The number of rotatable bonds is 5. The summed E-state index contributed by atoms with van der Waals surface area (Å²) in [7, 11) is 0. The van der Waals surface area contributed by atoms with Crippen molar-refractivity contribution < 1.29 is 9.90 Å². The number of hydrogen-bond donors (Lipinski definition) is 2. The molecule has 0 unspecified atom stereocenters. The molecule has 1 aromatic carbocycles. The zero-order valence-electron chi connectivity index (χ0n) is 10.1. The molecule has 1 atom stereocenters. The minimum absolute atomic E-state index is 0.0259. The summed E-state index contributed by atoms with van der Waals surface area (Å²) in [5.41, 5.74) is 0.956. The predicted molar refractivity (Wildman–Crippen MR) is 71.7 cm³/mol. The third-order valence-electron chi connectivity index (χ3n) is 2.60. The molecule has 0 aromatic heterocycles. The highest BCUT2D eigenvalue weighted by molar-refractivity contribution is 9.10. The Hall–Kier alpha value is -0.870. The maximum atomic E-state index is 11.8. The molecule has 0 aliphatic carbocycles. The van der Waals surface area contributed by atoms with Crippen LogP contribution in [0.25, 0.3) is 0 Å². The van der Waals surface area contributed by atoms with Gasteiger partial charge in [0.1, 0.15) is 0 Å². The molecular formula is C13H18BrNO2. The number of nitrogens with one attached hydrogen (secondary N) is 1.